The molecule has 6 N–H and O–H groups in total. The van der Waals surface area contributed by atoms with Crippen LogP contribution in [0.1, 0.15) is 77.6 Å². The molecule has 7 nitrogen and oxygen atoms in total. The highest BCUT2D eigenvalue weighted by Gasteiger charge is 2.08. The third-order valence-electron chi connectivity index (χ3n) is 3.68. The van der Waals surface area contributed by atoms with Gasteiger partial charge in [-0.3, -0.25) is 10.6 Å². The summed E-state index contributed by atoms with van der Waals surface area (Å²) in [5.74, 6) is 5.02. The van der Waals surface area contributed by atoms with Crippen LogP contribution < -0.4 is 27.9 Å². The Morgan fingerprint density at radius 2 is 1.59 bits per heavy atom. The van der Waals surface area contributed by atoms with Gasteiger partial charge in [-0.2, -0.15) is 16.6 Å². The van der Waals surface area contributed by atoms with Gasteiger partial charge in [0.05, 0.1) is 0 Å². The van der Waals surface area contributed by atoms with E-state index in [0.29, 0.717) is 6.47 Å². The maximum atomic E-state index is 10.6. The largest absolute Gasteiger partial charge is 0.465 e. The fraction of sp³-hybridized carbons (Fsp3) is 0.933. The highest BCUT2D eigenvalue weighted by molar-refractivity contribution is 5.37. The van der Waals surface area contributed by atoms with Gasteiger partial charge < -0.3 is 4.74 Å². The Morgan fingerprint density at radius 1 is 0.955 bits per heavy atom. The van der Waals surface area contributed by atoms with Gasteiger partial charge in [0.15, 0.2) is 0 Å². The lowest BCUT2D eigenvalue weighted by molar-refractivity contribution is -0.134. The van der Waals surface area contributed by atoms with Crippen molar-refractivity contribution in [1.82, 2.24) is 22.0 Å². The molecule has 1 unspecified atom stereocenters. The van der Waals surface area contributed by atoms with Crippen molar-refractivity contribution in [2.75, 3.05) is 6.54 Å². The van der Waals surface area contributed by atoms with Crippen LogP contribution in [0.15, 0.2) is 0 Å². The summed E-state index contributed by atoms with van der Waals surface area (Å²) in [7, 11) is 0. The third kappa shape index (κ3) is 15.7. The maximum absolute atomic E-state index is 10.6. The van der Waals surface area contributed by atoms with Crippen molar-refractivity contribution in [2.45, 2.75) is 83.7 Å². The van der Waals surface area contributed by atoms with Crippen molar-refractivity contribution < 1.29 is 9.53 Å². The number of hydrazine groups is 4. The second-order valence-electron chi connectivity index (χ2n) is 5.58. The number of ether oxygens (including phenoxy) is 1. The van der Waals surface area contributed by atoms with Gasteiger partial charge in [-0.1, -0.05) is 45.4 Å². The zero-order valence-electron chi connectivity index (χ0n) is 14.0. The summed E-state index contributed by atoms with van der Waals surface area (Å²) in [5, 5.41) is 0. The van der Waals surface area contributed by atoms with Crippen LogP contribution in [0.5, 0.6) is 0 Å². The summed E-state index contributed by atoms with van der Waals surface area (Å²) in [6.07, 6.45) is 13.0. The molecule has 0 aromatic heterocycles. The van der Waals surface area contributed by atoms with E-state index in [9.17, 15) is 4.79 Å². The predicted molar refractivity (Wildman–Crippen MR) is 89.0 cm³/mol. The molecule has 0 aromatic carbocycles. The number of hydrogen-bond donors (Lipinski definition) is 5. The first-order valence-corrected chi connectivity index (χ1v) is 8.62. The minimum atomic E-state index is 0.0740. The van der Waals surface area contributed by atoms with Gasteiger partial charge in [0.2, 0.25) is 0 Å². The molecule has 1 atom stereocenters. The average molecular weight is 317 g/mol. The summed E-state index contributed by atoms with van der Waals surface area (Å²) in [6.45, 7) is 3.64. The molecule has 7 heteroatoms. The van der Waals surface area contributed by atoms with E-state index in [-0.39, 0.29) is 6.10 Å². The number of rotatable bonds is 18. The van der Waals surface area contributed by atoms with Gasteiger partial charge in [-0.05, 0) is 32.1 Å². The predicted octanol–water partition coefficient (Wildman–Crippen LogP) is 1.82. The first-order valence-electron chi connectivity index (χ1n) is 8.62. The van der Waals surface area contributed by atoms with Crippen molar-refractivity contribution in [2.24, 2.45) is 5.84 Å². The summed E-state index contributed by atoms with van der Waals surface area (Å²) in [4.78, 5) is 10.6. The minimum absolute atomic E-state index is 0.0740. The van der Waals surface area contributed by atoms with Crippen molar-refractivity contribution in [3.63, 3.8) is 0 Å². The van der Waals surface area contributed by atoms with Crippen molar-refractivity contribution in [3.8, 4) is 0 Å². The molecule has 0 spiro atoms. The van der Waals surface area contributed by atoms with Gasteiger partial charge in [0.1, 0.15) is 6.10 Å². The molecule has 132 valence electrons. The monoisotopic (exact) mass is 317 g/mol. The molecule has 0 radical (unpaired) electrons. The Morgan fingerprint density at radius 3 is 2.23 bits per heavy atom. The normalized spacial score (nSPS) is 12.3. The summed E-state index contributed by atoms with van der Waals surface area (Å²) >= 11 is 0. The van der Waals surface area contributed by atoms with E-state index < -0.39 is 0 Å². The summed E-state index contributed by atoms with van der Waals surface area (Å²) in [6, 6.07) is 0. The molecular formula is C15H35N5O2. The molecule has 0 bridgehead atoms. The molecule has 22 heavy (non-hydrogen) atoms. The fourth-order valence-corrected chi connectivity index (χ4v) is 2.42. The van der Waals surface area contributed by atoms with Crippen LogP contribution in [0.4, 0.5) is 0 Å². The van der Waals surface area contributed by atoms with E-state index in [0.717, 1.165) is 38.6 Å². The Kier molecular flexibility index (Phi) is 17.7. The highest BCUT2D eigenvalue weighted by atomic mass is 16.5. The molecule has 0 saturated carbocycles. The second kappa shape index (κ2) is 18.3. The quantitative estimate of drug-likeness (QED) is 0.114. The molecule has 0 amide bonds. The lowest BCUT2D eigenvalue weighted by Crippen LogP contribution is -2.53. The van der Waals surface area contributed by atoms with Crippen LogP contribution in [0.25, 0.3) is 0 Å². The van der Waals surface area contributed by atoms with Gasteiger partial charge in [0.25, 0.3) is 6.47 Å². The molecule has 0 aliphatic heterocycles. The Balaban J connectivity index is 3.46. The van der Waals surface area contributed by atoms with E-state index >= 15 is 0 Å². The highest BCUT2D eigenvalue weighted by Crippen LogP contribution is 2.14. The third-order valence-corrected chi connectivity index (χ3v) is 3.68. The topological polar surface area (TPSA) is 100 Å². The molecule has 0 heterocycles. The van der Waals surface area contributed by atoms with Crippen molar-refractivity contribution in [3.05, 3.63) is 0 Å². The number of nitrogens with one attached hydrogen (secondary N) is 4. The molecule has 0 aliphatic rings. The van der Waals surface area contributed by atoms with Gasteiger partial charge in [-0.25, -0.2) is 5.43 Å². The fourth-order valence-electron chi connectivity index (χ4n) is 2.42. The Labute approximate surface area is 135 Å². The molecular weight excluding hydrogens is 282 g/mol. The number of carbonyl (C=O) groups is 1. The number of nitrogens with two attached hydrogens (primary N) is 1. The Hall–Kier alpha value is -0.730. The van der Waals surface area contributed by atoms with Crippen LogP contribution in [0, 0.1) is 0 Å². The Bertz CT molecular complexity index is 214. The first-order chi connectivity index (χ1) is 10.8. The molecule has 0 saturated heterocycles. The van der Waals surface area contributed by atoms with Crippen molar-refractivity contribution in [1.29, 1.82) is 0 Å². The zero-order chi connectivity index (χ0) is 16.3. The maximum Gasteiger partial charge on any atom is 0.293 e. The zero-order valence-corrected chi connectivity index (χ0v) is 14.0. The van der Waals surface area contributed by atoms with Crippen molar-refractivity contribution >= 4 is 6.47 Å². The average Bonchev–Trinajstić information content (AvgIpc) is 2.53. The summed E-state index contributed by atoms with van der Waals surface area (Å²) in [5.41, 5.74) is 10.4. The molecule has 0 fully saturated rings. The van der Waals surface area contributed by atoms with Gasteiger partial charge in [-0.15, -0.1) is 0 Å². The van der Waals surface area contributed by atoms with Gasteiger partial charge >= 0.3 is 0 Å². The van der Waals surface area contributed by atoms with Gasteiger partial charge in [0, 0.05) is 6.54 Å². The molecule has 0 rings (SSSR count). The number of carbonyl (C=O) groups excluding carboxylic acids is 1. The lowest BCUT2D eigenvalue weighted by Gasteiger charge is -2.15. The first kappa shape index (κ1) is 21.3. The second-order valence-corrected chi connectivity index (χ2v) is 5.58. The van der Waals surface area contributed by atoms with Crippen LogP contribution >= 0.6 is 0 Å². The van der Waals surface area contributed by atoms with E-state index in [2.05, 4.69) is 29.0 Å². The lowest BCUT2D eigenvalue weighted by atomic mass is 10.0. The minimum Gasteiger partial charge on any atom is -0.465 e. The van der Waals surface area contributed by atoms with E-state index in [1.165, 1.54) is 38.5 Å². The van der Waals surface area contributed by atoms with E-state index in [4.69, 9.17) is 10.6 Å². The smallest absolute Gasteiger partial charge is 0.293 e. The van der Waals surface area contributed by atoms with E-state index in [1.54, 1.807) is 0 Å². The molecule has 0 aliphatic carbocycles. The van der Waals surface area contributed by atoms with Crippen LogP contribution in [-0.2, 0) is 9.53 Å². The van der Waals surface area contributed by atoms with Crippen LogP contribution in [-0.4, -0.2) is 19.1 Å². The van der Waals surface area contributed by atoms with E-state index in [1.807, 2.05) is 0 Å². The molecule has 0 aromatic rings. The standard InChI is InChI=1S/C15H35N5O2/c1-2-3-4-5-6-7-8-11-15(22-14-21)12-9-10-13-17-19-20-18-16/h14-15,17-20H,2-13,16H2,1H3. The number of unbranched alkanes of at least 4 members (excludes halogenated alkanes) is 7. The van der Waals surface area contributed by atoms with Crippen LogP contribution in [0.2, 0.25) is 0 Å². The number of hydrogen-bond acceptors (Lipinski definition) is 7. The van der Waals surface area contributed by atoms with Crippen LogP contribution in [0.3, 0.4) is 0 Å². The SMILES string of the molecule is CCCCCCCCCC(CCCCNNNNN)OC=O. The summed E-state index contributed by atoms with van der Waals surface area (Å²) < 4.78 is 5.18.